The van der Waals surface area contributed by atoms with Gasteiger partial charge >= 0.3 is 5.97 Å². The van der Waals surface area contributed by atoms with Gasteiger partial charge in [-0.05, 0) is 32.4 Å². The number of para-hydroxylation sites is 1. The number of ether oxygens (including phenoxy) is 3. The molecule has 0 fully saturated rings. The highest BCUT2D eigenvalue weighted by atomic mass is 16.7. The Morgan fingerprint density at radius 1 is 1.33 bits per heavy atom. The van der Waals surface area contributed by atoms with Crippen molar-refractivity contribution in [3.8, 4) is 5.75 Å². The van der Waals surface area contributed by atoms with Crippen molar-refractivity contribution < 1.29 is 19.0 Å². The Morgan fingerprint density at radius 2 is 2.00 bits per heavy atom. The Morgan fingerprint density at radius 3 is 2.67 bits per heavy atom. The predicted molar refractivity (Wildman–Crippen MR) is 80.1 cm³/mol. The largest absolute Gasteiger partial charge is 0.463 e. The van der Waals surface area contributed by atoms with Crippen LogP contribution in [0.1, 0.15) is 40.2 Å². The quantitative estimate of drug-likeness (QED) is 0.784. The maximum absolute atomic E-state index is 11.9. The van der Waals surface area contributed by atoms with Crippen LogP contribution in [0, 0.1) is 5.41 Å². The molecular formula is C17H24O4. The van der Waals surface area contributed by atoms with Crippen LogP contribution in [0.3, 0.4) is 0 Å². The first kappa shape index (κ1) is 15.8. The van der Waals surface area contributed by atoms with E-state index >= 15 is 0 Å². The molecule has 1 heterocycles. The van der Waals surface area contributed by atoms with Gasteiger partial charge in [0.25, 0.3) is 0 Å². The van der Waals surface area contributed by atoms with E-state index in [0.717, 1.165) is 11.3 Å². The lowest BCUT2D eigenvalue weighted by molar-refractivity contribution is -0.197. The van der Waals surface area contributed by atoms with Gasteiger partial charge in [0.05, 0.1) is 5.41 Å². The Labute approximate surface area is 126 Å². The molecule has 21 heavy (non-hydrogen) atoms. The predicted octanol–water partition coefficient (Wildman–Crippen LogP) is 3.33. The molecule has 0 aliphatic carbocycles. The van der Waals surface area contributed by atoms with Gasteiger partial charge in [0.2, 0.25) is 5.79 Å². The Bertz CT molecular complexity index is 514. The molecule has 0 aromatic heterocycles. The molecule has 1 unspecified atom stereocenters. The summed E-state index contributed by atoms with van der Waals surface area (Å²) in [5, 5.41) is 0. The van der Waals surface area contributed by atoms with Crippen LogP contribution in [0.5, 0.6) is 5.75 Å². The summed E-state index contributed by atoms with van der Waals surface area (Å²) in [5.41, 5.74) is 0.564. The van der Waals surface area contributed by atoms with Crippen molar-refractivity contribution in [3.05, 3.63) is 29.8 Å². The molecule has 116 valence electrons. The zero-order valence-corrected chi connectivity index (χ0v) is 13.4. The summed E-state index contributed by atoms with van der Waals surface area (Å²) in [6.07, 6.45) is 0.451. The number of esters is 1. The molecule has 0 N–H and O–H groups in total. The third-order valence-corrected chi connectivity index (χ3v) is 3.24. The number of benzene rings is 1. The van der Waals surface area contributed by atoms with E-state index < -0.39 is 11.2 Å². The van der Waals surface area contributed by atoms with Gasteiger partial charge in [0.1, 0.15) is 18.5 Å². The third-order valence-electron chi connectivity index (χ3n) is 3.24. The third kappa shape index (κ3) is 4.21. The van der Waals surface area contributed by atoms with E-state index in [9.17, 15) is 4.79 Å². The average Bonchev–Trinajstić information content (AvgIpc) is 2.48. The molecule has 2 rings (SSSR count). The SMILES string of the molecule is CC1(C)Oc2ccccc2CC(COC(=O)C(C)(C)C)O1. The van der Waals surface area contributed by atoms with Gasteiger partial charge in [-0.3, -0.25) is 4.79 Å². The number of fused-ring (bicyclic) bond motifs is 1. The van der Waals surface area contributed by atoms with Crippen LogP contribution in [0.2, 0.25) is 0 Å². The standard InChI is InChI=1S/C17H24O4/c1-16(2,3)15(18)19-11-13-10-12-8-6-7-9-14(12)21-17(4,5)20-13/h6-9,13H,10-11H2,1-5H3. The zero-order valence-electron chi connectivity index (χ0n) is 13.4. The highest BCUT2D eigenvalue weighted by molar-refractivity contribution is 5.75. The molecule has 1 aliphatic rings. The van der Waals surface area contributed by atoms with Crippen molar-refractivity contribution >= 4 is 5.97 Å². The maximum atomic E-state index is 11.9. The second-order valence-electron chi connectivity index (χ2n) is 6.90. The minimum atomic E-state index is -0.745. The molecule has 0 bridgehead atoms. The summed E-state index contributed by atoms with van der Waals surface area (Å²) < 4.78 is 17.2. The highest BCUT2D eigenvalue weighted by Crippen LogP contribution is 2.30. The van der Waals surface area contributed by atoms with Gasteiger partial charge in [-0.2, -0.15) is 0 Å². The Kier molecular flexibility index (Phi) is 4.28. The van der Waals surface area contributed by atoms with Crippen molar-refractivity contribution in [1.82, 2.24) is 0 Å². The lowest BCUT2D eigenvalue weighted by Gasteiger charge is -2.28. The van der Waals surface area contributed by atoms with Gasteiger partial charge < -0.3 is 14.2 Å². The maximum Gasteiger partial charge on any atom is 0.311 e. The van der Waals surface area contributed by atoms with E-state index in [1.807, 2.05) is 58.9 Å². The van der Waals surface area contributed by atoms with Gasteiger partial charge in [-0.15, -0.1) is 0 Å². The van der Waals surface area contributed by atoms with Gasteiger partial charge in [-0.25, -0.2) is 0 Å². The zero-order chi connectivity index (χ0) is 15.7. The van der Waals surface area contributed by atoms with Crippen LogP contribution in [-0.4, -0.2) is 24.5 Å². The monoisotopic (exact) mass is 292 g/mol. The van der Waals surface area contributed by atoms with Gasteiger partial charge in [0.15, 0.2) is 0 Å². The summed E-state index contributed by atoms with van der Waals surface area (Å²) >= 11 is 0. The average molecular weight is 292 g/mol. The first-order valence-electron chi connectivity index (χ1n) is 7.29. The molecule has 0 saturated carbocycles. The molecular weight excluding hydrogens is 268 g/mol. The van der Waals surface area contributed by atoms with Crippen molar-refractivity contribution in [3.63, 3.8) is 0 Å². The summed E-state index contributed by atoms with van der Waals surface area (Å²) in [4.78, 5) is 11.9. The fraction of sp³-hybridized carbons (Fsp3) is 0.588. The number of carbonyl (C=O) groups excluding carboxylic acids is 1. The molecule has 0 amide bonds. The van der Waals surface area contributed by atoms with Crippen LogP contribution in [0.25, 0.3) is 0 Å². The Balaban J connectivity index is 2.09. The van der Waals surface area contributed by atoms with E-state index in [1.54, 1.807) is 0 Å². The van der Waals surface area contributed by atoms with Crippen LogP contribution in [0.4, 0.5) is 0 Å². The van der Waals surface area contributed by atoms with Crippen molar-refractivity contribution in [1.29, 1.82) is 0 Å². The molecule has 1 aromatic rings. The van der Waals surface area contributed by atoms with Crippen molar-refractivity contribution in [2.75, 3.05) is 6.61 Å². The van der Waals surface area contributed by atoms with E-state index in [4.69, 9.17) is 14.2 Å². The summed E-state index contributed by atoms with van der Waals surface area (Å²) in [5.74, 6) is -0.139. The molecule has 1 aromatic carbocycles. The Hall–Kier alpha value is -1.55. The van der Waals surface area contributed by atoms with Crippen LogP contribution < -0.4 is 4.74 Å². The highest BCUT2D eigenvalue weighted by Gasteiger charge is 2.32. The van der Waals surface area contributed by atoms with Crippen LogP contribution in [0.15, 0.2) is 24.3 Å². The molecule has 4 nitrogen and oxygen atoms in total. The van der Waals surface area contributed by atoms with Gasteiger partial charge in [0, 0.05) is 20.3 Å². The minimum absolute atomic E-state index is 0.213. The first-order chi connectivity index (χ1) is 9.67. The van der Waals surface area contributed by atoms with Crippen LogP contribution in [-0.2, 0) is 20.7 Å². The fourth-order valence-corrected chi connectivity index (χ4v) is 2.23. The molecule has 0 saturated heterocycles. The normalized spacial score (nSPS) is 20.9. The van der Waals surface area contributed by atoms with Crippen molar-refractivity contribution in [2.24, 2.45) is 5.41 Å². The fourth-order valence-electron chi connectivity index (χ4n) is 2.23. The topological polar surface area (TPSA) is 44.8 Å². The molecule has 1 aliphatic heterocycles. The molecule has 4 heteroatoms. The summed E-state index contributed by atoms with van der Waals surface area (Å²) in [6, 6.07) is 7.86. The summed E-state index contributed by atoms with van der Waals surface area (Å²) in [6.45, 7) is 9.49. The van der Waals surface area contributed by atoms with E-state index in [-0.39, 0.29) is 18.7 Å². The number of carbonyl (C=O) groups is 1. The van der Waals surface area contributed by atoms with Crippen LogP contribution >= 0.6 is 0 Å². The smallest absolute Gasteiger partial charge is 0.311 e. The second kappa shape index (κ2) is 5.68. The van der Waals surface area contributed by atoms with E-state index in [2.05, 4.69) is 0 Å². The molecule has 0 spiro atoms. The lowest BCUT2D eigenvalue weighted by Crippen LogP contribution is -2.38. The molecule has 1 atom stereocenters. The summed E-state index contributed by atoms with van der Waals surface area (Å²) in [7, 11) is 0. The number of hydrogen-bond donors (Lipinski definition) is 0. The van der Waals surface area contributed by atoms with Gasteiger partial charge in [-0.1, -0.05) is 18.2 Å². The first-order valence-corrected chi connectivity index (χ1v) is 7.29. The second-order valence-corrected chi connectivity index (χ2v) is 6.90. The van der Waals surface area contributed by atoms with E-state index in [0.29, 0.717) is 6.42 Å². The number of rotatable bonds is 2. The minimum Gasteiger partial charge on any atom is -0.463 e. The van der Waals surface area contributed by atoms with Crippen molar-refractivity contribution in [2.45, 2.75) is 52.9 Å². The van der Waals surface area contributed by atoms with E-state index in [1.165, 1.54) is 0 Å². The molecule has 0 radical (unpaired) electrons. The number of hydrogen-bond acceptors (Lipinski definition) is 4. The lowest BCUT2D eigenvalue weighted by atomic mass is 9.97.